The van der Waals surface area contributed by atoms with Gasteiger partial charge in [0.2, 0.25) is 11.7 Å². The van der Waals surface area contributed by atoms with Crippen LogP contribution in [-0.4, -0.2) is 42.8 Å². The molecule has 3 aromatic rings. The smallest absolute Gasteiger partial charge is 0.229 e. The maximum Gasteiger partial charge on any atom is 0.229 e. The van der Waals surface area contributed by atoms with Gasteiger partial charge in [-0.3, -0.25) is 0 Å². The van der Waals surface area contributed by atoms with Crippen molar-refractivity contribution in [3.8, 4) is 17.2 Å². The second-order valence-corrected chi connectivity index (χ2v) is 6.52. The third kappa shape index (κ3) is 3.73. The van der Waals surface area contributed by atoms with E-state index >= 15 is 0 Å². The van der Waals surface area contributed by atoms with Crippen LogP contribution in [-0.2, 0) is 6.42 Å². The summed E-state index contributed by atoms with van der Waals surface area (Å²) in [7, 11) is 4.74. The molecule has 2 aromatic heterocycles. The zero-order valence-electron chi connectivity index (χ0n) is 16.7. The fraction of sp³-hybridized carbons (Fsp3) is 0.286. The Kier molecular flexibility index (Phi) is 5.33. The van der Waals surface area contributed by atoms with Gasteiger partial charge in [-0.25, -0.2) is 9.97 Å². The predicted molar refractivity (Wildman–Crippen MR) is 111 cm³/mol. The minimum atomic E-state index is 0.487. The Morgan fingerprint density at radius 1 is 1.00 bits per heavy atom. The summed E-state index contributed by atoms with van der Waals surface area (Å²) in [5.74, 6) is 3.89. The zero-order chi connectivity index (χ0) is 20.2. The topological polar surface area (TPSA) is 81.6 Å². The fourth-order valence-electron chi connectivity index (χ4n) is 3.42. The minimum Gasteiger partial charge on any atom is -0.493 e. The van der Waals surface area contributed by atoms with E-state index in [0.717, 1.165) is 42.3 Å². The van der Waals surface area contributed by atoms with Gasteiger partial charge >= 0.3 is 0 Å². The van der Waals surface area contributed by atoms with E-state index in [9.17, 15) is 0 Å². The second-order valence-electron chi connectivity index (χ2n) is 6.52. The van der Waals surface area contributed by atoms with Crippen LogP contribution in [0, 0.1) is 0 Å². The highest BCUT2D eigenvalue weighted by atomic mass is 16.5. The van der Waals surface area contributed by atoms with Gasteiger partial charge in [0.1, 0.15) is 11.6 Å². The van der Waals surface area contributed by atoms with E-state index in [1.807, 2.05) is 36.5 Å². The Labute approximate surface area is 169 Å². The number of aryl methyl sites for hydroxylation is 1. The van der Waals surface area contributed by atoms with Crippen LogP contribution in [0.5, 0.6) is 17.2 Å². The number of rotatable bonds is 6. The Bertz CT molecular complexity index is 972. The Balaban J connectivity index is 1.68. The first-order chi connectivity index (χ1) is 14.2. The number of fused-ring (bicyclic) bond motifs is 1. The molecule has 0 unspecified atom stereocenters. The van der Waals surface area contributed by atoms with Gasteiger partial charge in [-0.2, -0.15) is 4.98 Å². The first-order valence-corrected chi connectivity index (χ1v) is 9.35. The molecule has 0 aliphatic carbocycles. The molecule has 29 heavy (non-hydrogen) atoms. The first kappa shape index (κ1) is 18.8. The van der Waals surface area contributed by atoms with Crippen LogP contribution < -0.4 is 24.4 Å². The monoisotopic (exact) mass is 393 g/mol. The summed E-state index contributed by atoms with van der Waals surface area (Å²) in [5, 5.41) is 3.24. The molecule has 0 fully saturated rings. The van der Waals surface area contributed by atoms with Gasteiger partial charge in [0.25, 0.3) is 0 Å². The van der Waals surface area contributed by atoms with Crippen molar-refractivity contribution in [1.29, 1.82) is 0 Å². The molecule has 0 radical (unpaired) electrons. The van der Waals surface area contributed by atoms with Crippen molar-refractivity contribution in [1.82, 2.24) is 15.0 Å². The average Bonchev–Trinajstić information content (AvgIpc) is 2.78. The minimum absolute atomic E-state index is 0.487. The maximum absolute atomic E-state index is 5.42. The summed E-state index contributed by atoms with van der Waals surface area (Å²) in [6.45, 7) is 0.866. The molecule has 0 atom stereocenters. The number of hydrogen-bond donors (Lipinski definition) is 1. The van der Waals surface area contributed by atoms with Crippen molar-refractivity contribution >= 4 is 23.3 Å². The molecule has 1 aliphatic rings. The van der Waals surface area contributed by atoms with E-state index in [-0.39, 0.29) is 0 Å². The summed E-state index contributed by atoms with van der Waals surface area (Å²) in [6.07, 6.45) is 5.65. The Morgan fingerprint density at radius 2 is 1.79 bits per heavy atom. The molecule has 0 bridgehead atoms. The van der Waals surface area contributed by atoms with E-state index < -0.39 is 0 Å². The fourth-order valence-corrected chi connectivity index (χ4v) is 3.42. The van der Waals surface area contributed by atoms with Crippen molar-refractivity contribution in [3.05, 3.63) is 48.3 Å². The quantitative estimate of drug-likeness (QED) is 0.679. The molecule has 0 saturated heterocycles. The summed E-state index contributed by atoms with van der Waals surface area (Å²) >= 11 is 0. The van der Waals surface area contributed by atoms with E-state index in [1.165, 1.54) is 0 Å². The standard InChI is InChI=1S/C21H23N5O3/c1-27-16-11-15(12-17(28-2)19(16)29-3)24-21-23-13-14-7-6-10-26(20(14)25-21)18-8-4-5-9-22-18/h4-5,8-9,11-13H,6-7,10H2,1-3H3,(H,23,24,25). The van der Waals surface area contributed by atoms with E-state index in [4.69, 9.17) is 19.2 Å². The number of anilines is 4. The van der Waals surface area contributed by atoms with Gasteiger partial charge in [-0.1, -0.05) is 6.07 Å². The van der Waals surface area contributed by atoms with E-state index in [0.29, 0.717) is 23.2 Å². The number of hydrogen-bond acceptors (Lipinski definition) is 8. The highest BCUT2D eigenvalue weighted by Crippen LogP contribution is 2.40. The van der Waals surface area contributed by atoms with Crippen LogP contribution in [0.15, 0.2) is 42.7 Å². The van der Waals surface area contributed by atoms with Crippen molar-refractivity contribution in [2.75, 3.05) is 38.1 Å². The molecule has 0 spiro atoms. The average molecular weight is 393 g/mol. The lowest BCUT2D eigenvalue weighted by Crippen LogP contribution is -2.27. The Morgan fingerprint density at radius 3 is 2.45 bits per heavy atom. The molecule has 1 aliphatic heterocycles. The third-order valence-corrected chi connectivity index (χ3v) is 4.77. The van der Waals surface area contributed by atoms with Crippen LogP contribution in [0.3, 0.4) is 0 Å². The number of nitrogens with zero attached hydrogens (tertiary/aromatic N) is 4. The number of ether oxygens (including phenoxy) is 3. The van der Waals surface area contributed by atoms with Crippen LogP contribution in [0.1, 0.15) is 12.0 Å². The van der Waals surface area contributed by atoms with Crippen LogP contribution >= 0.6 is 0 Å². The maximum atomic E-state index is 5.42. The van der Waals surface area contributed by atoms with Crippen LogP contribution in [0.2, 0.25) is 0 Å². The van der Waals surface area contributed by atoms with Crippen molar-refractivity contribution < 1.29 is 14.2 Å². The number of benzene rings is 1. The highest BCUT2D eigenvalue weighted by molar-refractivity contribution is 5.67. The van der Waals surface area contributed by atoms with Crippen molar-refractivity contribution in [3.63, 3.8) is 0 Å². The molecule has 8 heteroatoms. The molecule has 0 saturated carbocycles. The molecule has 0 amide bonds. The summed E-state index contributed by atoms with van der Waals surface area (Å²) in [4.78, 5) is 15.9. The SMILES string of the molecule is COc1cc(Nc2ncc3c(n2)N(c2ccccn2)CCC3)cc(OC)c1OC. The Hall–Kier alpha value is -3.55. The number of pyridine rings is 1. The van der Waals surface area contributed by atoms with Gasteiger partial charge in [0, 0.05) is 42.3 Å². The molecule has 4 rings (SSSR count). The van der Waals surface area contributed by atoms with Gasteiger partial charge < -0.3 is 24.4 Å². The zero-order valence-corrected chi connectivity index (χ0v) is 16.7. The highest BCUT2D eigenvalue weighted by Gasteiger charge is 2.22. The van der Waals surface area contributed by atoms with Crippen molar-refractivity contribution in [2.45, 2.75) is 12.8 Å². The number of aromatic nitrogens is 3. The lowest BCUT2D eigenvalue weighted by atomic mass is 10.1. The lowest BCUT2D eigenvalue weighted by Gasteiger charge is -2.29. The lowest BCUT2D eigenvalue weighted by molar-refractivity contribution is 0.324. The molecule has 150 valence electrons. The number of nitrogens with one attached hydrogen (secondary N) is 1. The van der Waals surface area contributed by atoms with Gasteiger partial charge in [-0.15, -0.1) is 0 Å². The predicted octanol–water partition coefficient (Wildman–Crippen LogP) is 3.73. The third-order valence-electron chi connectivity index (χ3n) is 4.77. The van der Waals surface area contributed by atoms with E-state index in [2.05, 4.69) is 20.2 Å². The molecule has 1 N–H and O–H groups in total. The number of methoxy groups -OCH3 is 3. The van der Waals surface area contributed by atoms with Crippen LogP contribution in [0.25, 0.3) is 0 Å². The molecule has 3 heterocycles. The van der Waals surface area contributed by atoms with Gasteiger partial charge in [0.05, 0.1) is 21.3 Å². The van der Waals surface area contributed by atoms with Crippen molar-refractivity contribution in [2.24, 2.45) is 0 Å². The summed E-state index contributed by atoms with van der Waals surface area (Å²) in [5.41, 5.74) is 1.84. The molecular formula is C21H23N5O3. The second kappa shape index (κ2) is 8.22. The first-order valence-electron chi connectivity index (χ1n) is 9.35. The van der Waals surface area contributed by atoms with E-state index in [1.54, 1.807) is 27.5 Å². The van der Waals surface area contributed by atoms with Gasteiger partial charge in [-0.05, 0) is 25.0 Å². The molecule has 1 aromatic carbocycles. The summed E-state index contributed by atoms with van der Waals surface area (Å²) in [6, 6.07) is 9.52. The van der Waals surface area contributed by atoms with Gasteiger partial charge in [0.15, 0.2) is 11.5 Å². The normalized spacial score (nSPS) is 12.9. The largest absolute Gasteiger partial charge is 0.493 e. The molecular weight excluding hydrogens is 370 g/mol. The summed E-state index contributed by atoms with van der Waals surface area (Å²) < 4.78 is 16.2. The van der Waals surface area contributed by atoms with Crippen LogP contribution in [0.4, 0.5) is 23.3 Å². The molecule has 8 nitrogen and oxygen atoms in total.